The minimum absolute atomic E-state index is 0.0585. The summed E-state index contributed by atoms with van der Waals surface area (Å²) in [5.41, 5.74) is 1.28. The maximum absolute atomic E-state index is 13.6. The summed E-state index contributed by atoms with van der Waals surface area (Å²) in [5, 5.41) is 2.97. The third kappa shape index (κ3) is 4.20. The van der Waals surface area contributed by atoms with Gasteiger partial charge < -0.3 is 9.64 Å². The van der Waals surface area contributed by atoms with Crippen molar-refractivity contribution in [3.05, 3.63) is 74.7 Å². The quantitative estimate of drug-likeness (QED) is 0.329. The van der Waals surface area contributed by atoms with Gasteiger partial charge in [0.1, 0.15) is 17.0 Å². The summed E-state index contributed by atoms with van der Waals surface area (Å²) in [6.45, 7) is 3.86. The highest BCUT2D eigenvalue weighted by atomic mass is 35.5. The average molecular weight is 510 g/mol. The molecule has 0 atom stereocenters. The summed E-state index contributed by atoms with van der Waals surface area (Å²) >= 11 is 11.2. The number of anilines is 2. The molecule has 2 fully saturated rings. The normalized spacial score (nSPS) is 17.9. The van der Waals surface area contributed by atoms with E-state index in [0.29, 0.717) is 48.5 Å². The molecular formula is C24H20ClN5O4S. The van der Waals surface area contributed by atoms with Crippen LogP contribution in [0.1, 0.15) is 11.1 Å². The number of aromatic nitrogens is 2. The first-order valence-electron chi connectivity index (χ1n) is 10.9. The van der Waals surface area contributed by atoms with Gasteiger partial charge in [-0.25, -0.2) is 4.98 Å². The predicted molar refractivity (Wildman–Crippen MR) is 137 cm³/mol. The number of rotatable bonds is 3. The molecule has 2 aliphatic heterocycles. The Balaban J connectivity index is 1.68. The number of hydrogen-bond acceptors (Lipinski definition) is 7. The van der Waals surface area contributed by atoms with Crippen molar-refractivity contribution in [2.45, 2.75) is 6.92 Å². The minimum atomic E-state index is -0.688. The maximum Gasteiger partial charge on any atom is 0.270 e. The van der Waals surface area contributed by atoms with E-state index in [0.717, 1.165) is 5.56 Å². The number of nitrogens with zero attached hydrogens (tertiary/aromatic N) is 4. The molecule has 11 heteroatoms. The largest absolute Gasteiger partial charge is 0.378 e. The van der Waals surface area contributed by atoms with Crippen LogP contribution >= 0.6 is 23.8 Å². The van der Waals surface area contributed by atoms with Crippen molar-refractivity contribution in [3.8, 4) is 0 Å². The van der Waals surface area contributed by atoms with Crippen molar-refractivity contribution in [2.24, 2.45) is 0 Å². The summed E-state index contributed by atoms with van der Waals surface area (Å²) in [6, 6.07) is 10.1. The molecule has 0 radical (unpaired) electrons. The number of aryl methyl sites for hydroxylation is 1. The zero-order valence-electron chi connectivity index (χ0n) is 18.7. The first-order valence-corrected chi connectivity index (χ1v) is 11.7. The Bertz CT molecular complexity index is 1460. The number of ether oxygens (including phenoxy) is 1. The molecule has 0 saturated carbocycles. The van der Waals surface area contributed by atoms with Gasteiger partial charge in [0.25, 0.3) is 17.4 Å². The number of pyridine rings is 1. The van der Waals surface area contributed by atoms with E-state index in [2.05, 4.69) is 5.32 Å². The van der Waals surface area contributed by atoms with E-state index >= 15 is 0 Å². The first kappa shape index (κ1) is 23.2. The first-order chi connectivity index (χ1) is 16.8. The molecule has 4 heterocycles. The molecule has 9 nitrogen and oxygen atoms in total. The van der Waals surface area contributed by atoms with Gasteiger partial charge in [-0.3, -0.25) is 29.0 Å². The van der Waals surface area contributed by atoms with Crippen LogP contribution in [0, 0.1) is 6.92 Å². The lowest BCUT2D eigenvalue weighted by atomic mass is 10.1. The Kier molecular flexibility index (Phi) is 6.10. The van der Waals surface area contributed by atoms with E-state index in [-0.39, 0.29) is 21.8 Å². The number of thiocarbonyl (C=S) groups is 1. The lowest BCUT2D eigenvalue weighted by Crippen LogP contribution is -2.54. The molecule has 0 spiro atoms. The van der Waals surface area contributed by atoms with Crippen molar-refractivity contribution in [2.75, 3.05) is 36.1 Å². The Hall–Kier alpha value is -3.60. The summed E-state index contributed by atoms with van der Waals surface area (Å²) in [4.78, 5) is 47.8. The molecule has 1 aromatic carbocycles. The van der Waals surface area contributed by atoms with Gasteiger partial charge in [-0.1, -0.05) is 17.7 Å². The predicted octanol–water partition coefficient (Wildman–Crippen LogP) is 2.32. The fraction of sp³-hybridized carbons (Fsp3) is 0.208. The molecular weight excluding hydrogens is 490 g/mol. The van der Waals surface area contributed by atoms with Gasteiger partial charge in [-0.05, 0) is 61.1 Å². The van der Waals surface area contributed by atoms with Gasteiger partial charge in [0.2, 0.25) is 0 Å². The second-order valence-corrected chi connectivity index (χ2v) is 8.90. The summed E-state index contributed by atoms with van der Waals surface area (Å²) < 4.78 is 6.87. The maximum atomic E-state index is 13.6. The molecule has 0 bridgehead atoms. The molecule has 2 saturated heterocycles. The van der Waals surface area contributed by atoms with Crippen LogP contribution < -0.4 is 20.7 Å². The van der Waals surface area contributed by atoms with Crippen molar-refractivity contribution in [1.29, 1.82) is 0 Å². The van der Waals surface area contributed by atoms with Gasteiger partial charge in [0, 0.05) is 24.3 Å². The zero-order valence-corrected chi connectivity index (χ0v) is 20.2. The number of fused-ring (bicyclic) bond motifs is 1. The van der Waals surface area contributed by atoms with Gasteiger partial charge >= 0.3 is 0 Å². The van der Waals surface area contributed by atoms with E-state index in [1.165, 1.54) is 15.4 Å². The molecule has 0 unspecified atom stereocenters. The van der Waals surface area contributed by atoms with Crippen LogP contribution in [-0.2, 0) is 14.3 Å². The van der Waals surface area contributed by atoms with Crippen LogP contribution in [0.2, 0.25) is 5.02 Å². The zero-order chi connectivity index (χ0) is 24.7. The number of hydrogen-bond donors (Lipinski definition) is 1. The molecule has 2 amide bonds. The van der Waals surface area contributed by atoms with Crippen molar-refractivity contribution in [1.82, 2.24) is 14.7 Å². The number of halogens is 1. The Morgan fingerprint density at radius 1 is 1.11 bits per heavy atom. The Labute approximate surface area is 210 Å². The highest BCUT2D eigenvalue weighted by Crippen LogP contribution is 2.26. The minimum Gasteiger partial charge on any atom is -0.378 e. The summed E-state index contributed by atoms with van der Waals surface area (Å²) in [5.74, 6) is -0.943. The highest BCUT2D eigenvalue weighted by Gasteiger charge is 2.35. The fourth-order valence-corrected chi connectivity index (χ4v) is 4.48. The standard InChI is InChI=1S/C24H20ClN5O4S/c1-14-3-2-8-29-19(14)26-20(28-9-11-34-12-10-28)17(22(29)32)13-18-21(31)27-24(35)30(23(18)33)16-6-4-15(25)5-7-16/h2-8,13H,9-12H2,1H3,(H,27,31,35). The van der Waals surface area contributed by atoms with Crippen LogP contribution in [-0.4, -0.2) is 52.6 Å². The molecule has 3 aromatic rings. The number of carbonyl (C=O) groups excluding carboxylic acids is 2. The Morgan fingerprint density at radius 2 is 1.83 bits per heavy atom. The number of benzene rings is 1. The smallest absolute Gasteiger partial charge is 0.270 e. The molecule has 178 valence electrons. The second kappa shape index (κ2) is 9.21. The summed E-state index contributed by atoms with van der Waals surface area (Å²) in [7, 11) is 0. The SMILES string of the molecule is Cc1cccn2c(=O)c(C=C3C(=O)NC(=S)N(c4ccc(Cl)cc4)C3=O)c(N3CCOCC3)nc12. The monoisotopic (exact) mass is 509 g/mol. The number of morpholine rings is 1. The third-order valence-corrected chi connectivity index (χ3v) is 6.39. The van der Waals surface area contributed by atoms with Crippen molar-refractivity contribution < 1.29 is 14.3 Å². The van der Waals surface area contributed by atoms with E-state index in [1.807, 2.05) is 17.9 Å². The third-order valence-electron chi connectivity index (χ3n) is 5.85. The van der Waals surface area contributed by atoms with E-state index in [4.69, 9.17) is 33.5 Å². The lowest BCUT2D eigenvalue weighted by molar-refractivity contribution is -0.122. The molecule has 0 aliphatic carbocycles. The molecule has 5 rings (SSSR count). The lowest BCUT2D eigenvalue weighted by Gasteiger charge is -2.30. The molecule has 2 aromatic heterocycles. The van der Waals surface area contributed by atoms with E-state index in [9.17, 15) is 14.4 Å². The van der Waals surface area contributed by atoms with Gasteiger partial charge in [-0.2, -0.15) is 0 Å². The second-order valence-electron chi connectivity index (χ2n) is 8.07. The molecule has 1 N–H and O–H groups in total. The van der Waals surface area contributed by atoms with Crippen LogP contribution in [0.25, 0.3) is 11.7 Å². The van der Waals surface area contributed by atoms with Crippen molar-refractivity contribution in [3.63, 3.8) is 0 Å². The van der Waals surface area contributed by atoms with E-state index in [1.54, 1.807) is 36.5 Å². The van der Waals surface area contributed by atoms with Gasteiger partial charge in [0.05, 0.1) is 24.5 Å². The van der Waals surface area contributed by atoms with E-state index < -0.39 is 11.8 Å². The van der Waals surface area contributed by atoms with Crippen molar-refractivity contribution >= 4 is 64.0 Å². The van der Waals surface area contributed by atoms with Gasteiger partial charge in [0.15, 0.2) is 5.11 Å². The average Bonchev–Trinajstić information content (AvgIpc) is 2.85. The highest BCUT2D eigenvalue weighted by molar-refractivity contribution is 7.80. The number of amides is 2. The number of carbonyl (C=O) groups is 2. The van der Waals surface area contributed by atoms with Crippen LogP contribution in [0.15, 0.2) is 53.0 Å². The fourth-order valence-electron chi connectivity index (χ4n) is 4.07. The van der Waals surface area contributed by atoms with Crippen LogP contribution in [0.4, 0.5) is 11.5 Å². The molecule has 2 aliphatic rings. The number of nitrogens with one attached hydrogen (secondary N) is 1. The molecule has 35 heavy (non-hydrogen) atoms. The van der Waals surface area contributed by atoms with Crippen LogP contribution in [0.3, 0.4) is 0 Å². The topological polar surface area (TPSA) is 96.2 Å². The summed E-state index contributed by atoms with van der Waals surface area (Å²) in [6.07, 6.45) is 2.91. The van der Waals surface area contributed by atoms with Gasteiger partial charge in [-0.15, -0.1) is 0 Å². The van der Waals surface area contributed by atoms with Crippen LogP contribution in [0.5, 0.6) is 0 Å². The Morgan fingerprint density at radius 3 is 2.54 bits per heavy atom.